The molecule has 2 rings (SSSR count). The molecule has 0 heterocycles. The number of rotatable bonds is 2. The summed E-state index contributed by atoms with van der Waals surface area (Å²) < 4.78 is 0. The van der Waals surface area contributed by atoms with Gasteiger partial charge in [-0.1, -0.05) is 41.5 Å². The molecule has 0 bridgehead atoms. The average Bonchev–Trinajstić information content (AvgIpc) is 2.54. The van der Waals surface area contributed by atoms with Gasteiger partial charge in [0.1, 0.15) is 0 Å². The number of likely N-dealkylation sites (N-methyl/N-ethyl adjacent to an activating group) is 1. The van der Waals surface area contributed by atoms with Crippen LogP contribution in [0, 0.1) is 6.92 Å². The minimum absolute atomic E-state index is 1.00. The van der Waals surface area contributed by atoms with Gasteiger partial charge in [-0.2, -0.15) is 0 Å². The predicted molar refractivity (Wildman–Crippen MR) is 75.2 cm³/mol. The van der Waals surface area contributed by atoms with Crippen LogP contribution in [-0.4, -0.2) is 7.05 Å². The summed E-state index contributed by atoms with van der Waals surface area (Å²) in [6.45, 7) is 4.25. The van der Waals surface area contributed by atoms with E-state index in [1.165, 1.54) is 22.5 Å². The first-order valence-corrected chi connectivity index (χ1v) is 6.02. The van der Waals surface area contributed by atoms with Crippen molar-refractivity contribution in [2.75, 3.05) is 11.9 Å². The second kappa shape index (κ2) is 5.05. The highest BCUT2D eigenvalue weighted by Gasteiger charge is 2.05. The molecule has 0 aliphatic heterocycles. The zero-order chi connectivity index (χ0) is 12.3. The molecule has 0 amide bonds. The standard InChI is InChI=1S/C16H19N/c1-13-5-4-6-15(10-7-13)17(3)16-11-8-14(2)9-12-16/h5-12H,4H2,1-3H3. The number of nitrogens with zero attached hydrogens (tertiary/aromatic N) is 1. The van der Waals surface area contributed by atoms with Crippen molar-refractivity contribution < 1.29 is 0 Å². The number of allylic oxidation sites excluding steroid dienone is 5. The minimum Gasteiger partial charge on any atom is -0.345 e. The van der Waals surface area contributed by atoms with Gasteiger partial charge in [0.05, 0.1) is 0 Å². The molecule has 0 spiro atoms. The van der Waals surface area contributed by atoms with Crippen LogP contribution in [0.15, 0.2) is 59.8 Å². The largest absolute Gasteiger partial charge is 0.345 e. The fourth-order valence-electron chi connectivity index (χ4n) is 1.88. The SMILES string of the molecule is CC1=CCC=C(N(C)c2ccc(C)cc2)C=C1. The second-order valence-electron chi connectivity index (χ2n) is 4.54. The van der Waals surface area contributed by atoms with Crippen molar-refractivity contribution in [2.24, 2.45) is 0 Å². The molecule has 0 fully saturated rings. The Morgan fingerprint density at radius 3 is 2.35 bits per heavy atom. The molecule has 0 unspecified atom stereocenters. The fourth-order valence-corrected chi connectivity index (χ4v) is 1.88. The van der Waals surface area contributed by atoms with Crippen LogP contribution >= 0.6 is 0 Å². The Kier molecular flexibility index (Phi) is 3.48. The number of benzene rings is 1. The van der Waals surface area contributed by atoms with E-state index < -0.39 is 0 Å². The maximum absolute atomic E-state index is 2.26. The van der Waals surface area contributed by atoms with E-state index >= 15 is 0 Å². The second-order valence-corrected chi connectivity index (χ2v) is 4.54. The van der Waals surface area contributed by atoms with E-state index in [9.17, 15) is 0 Å². The molecule has 1 heteroatoms. The van der Waals surface area contributed by atoms with Gasteiger partial charge in [-0.05, 0) is 38.5 Å². The molecule has 0 radical (unpaired) electrons. The van der Waals surface area contributed by atoms with Crippen molar-refractivity contribution in [3.63, 3.8) is 0 Å². The molecule has 0 saturated carbocycles. The van der Waals surface area contributed by atoms with Gasteiger partial charge in [0, 0.05) is 18.4 Å². The molecular weight excluding hydrogens is 206 g/mol. The van der Waals surface area contributed by atoms with Crippen molar-refractivity contribution >= 4 is 5.69 Å². The van der Waals surface area contributed by atoms with Gasteiger partial charge in [-0.3, -0.25) is 0 Å². The lowest BCUT2D eigenvalue weighted by Gasteiger charge is -2.20. The molecule has 17 heavy (non-hydrogen) atoms. The van der Waals surface area contributed by atoms with Crippen LogP contribution in [0.5, 0.6) is 0 Å². The van der Waals surface area contributed by atoms with Gasteiger partial charge in [-0.15, -0.1) is 0 Å². The van der Waals surface area contributed by atoms with Crippen LogP contribution in [0.2, 0.25) is 0 Å². The summed E-state index contributed by atoms with van der Waals surface area (Å²) in [6, 6.07) is 8.62. The summed E-state index contributed by atoms with van der Waals surface area (Å²) in [7, 11) is 2.11. The van der Waals surface area contributed by atoms with Gasteiger partial charge in [0.15, 0.2) is 0 Å². The zero-order valence-electron chi connectivity index (χ0n) is 10.8. The maximum atomic E-state index is 2.26. The first-order valence-electron chi connectivity index (χ1n) is 6.02. The van der Waals surface area contributed by atoms with E-state index in [4.69, 9.17) is 0 Å². The van der Waals surface area contributed by atoms with Crippen molar-refractivity contribution in [3.8, 4) is 0 Å². The van der Waals surface area contributed by atoms with E-state index in [2.05, 4.69) is 74.4 Å². The fraction of sp³-hybridized carbons (Fsp3) is 0.250. The first-order chi connectivity index (χ1) is 8.16. The van der Waals surface area contributed by atoms with Gasteiger partial charge < -0.3 is 4.90 Å². The van der Waals surface area contributed by atoms with Gasteiger partial charge >= 0.3 is 0 Å². The average molecular weight is 225 g/mol. The number of hydrogen-bond acceptors (Lipinski definition) is 1. The van der Waals surface area contributed by atoms with Crippen LogP contribution in [0.25, 0.3) is 0 Å². The van der Waals surface area contributed by atoms with E-state index in [1.807, 2.05) is 0 Å². The van der Waals surface area contributed by atoms with Gasteiger partial charge in [0.25, 0.3) is 0 Å². The lowest BCUT2D eigenvalue weighted by molar-refractivity contribution is 1.12. The summed E-state index contributed by atoms with van der Waals surface area (Å²) in [5, 5.41) is 0. The topological polar surface area (TPSA) is 3.24 Å². The van der Waals surface area contributed by atoms with Crippen LogP contribution in [-0.2, 0) is 0 Å². The first kappa shape index (κ1) is 11.7. The minimum atomic E-state index is 1.00. The van der Waals surface area contributed by atoms with E-state index in [-0.39, 0.29) is 0 Å². The Morgan fingerprint density at radius 1 is 0.941 bits per heavy atom. The summed E-state index contributed by atoms with van der Waals surface area (Å²) in [5.74, 6) is 0. The molecule has 0 N–H and O–H groups in total. The van der Waals surface area contributed by atoms with Crippen LogP contribution in [0.1, 0.15) is 18.9 Å². The van der Waals surface area contributed by atoms with Crippen LogP contribution in [0.3, 0.4) is 0 Å². The highest BCUT2D eigenvalue weighted by molar-refractivity contribution is 5.55. The third-order valence-electron chi connectivity index (χ3n) is 3.09. The zero-order valence-corrected chi connectivity index (χ0v) is 10.8. The Bertz CT molecular complexity index is 475. The lowest BCUT2D eigenvalue weighted by Crippen LogP contribution is -2.14. The number of aryl methyl sites for hydroxylation is 1. The Balaban J connectivity index is 2.21. The summed E-state index contributed by atoms with van der Waals surface area (Å²) in [5.41, 5.74) is 5.10. The van der Waals surface area contributed by atoms with Crippen molar-refractivity contribution in [1.82, 2.24) is 0 Å². The molecule has 1 aromatic carbocycles. The highest BCUT2D eigenvalue weighted by Crippen LogP contribution is 2.21. The molecule has 0 saturated heterocycles. The Labute approximate surface area is 104 Å². The molecule has 88 valence electrons. The van der Waals surface area contributed by atoms with E-state index in [0.29, 0.717) is 0 Å². The van der Waals surface area contributed by atoms with Gasteiger partial charge in [0.2, 0.25) is 0 Å². The van der Waals surface area contributed by atoms with Crippen molar-refractivity contribution in [1.29, 1.82) is 0 Å². The van der Waals surface area contributed by atoms with Crippen molar-refractivity contribution in [3.05, 3.63) is 65.4 Å². The quantitative estimate of drug-likeness (QED) is 0.728. The summed E-state index contributed by atoms with van der Waals surface area (Å²) >= 11 is 0. The van der Waals surface area contributed by atoms with Crippen LogP contribution in [0.4, 0.5) is 5.69 Å². The van der Waals surface area contributed by atoms with Gasteiger partial charge in [-0.25, -0.2) is 0 Å². The highest BCUT2D eigenvalue weighted by atomic mass is 15.1. The smallest absolute Gasteiger partial charge is 0.0408 e. The molecular formula is C16H19N. The maximum Gasteiger partial charge on any atom is 0.0408 e. The van der Waals surface area contributed by atoms with E-state index in [1.54, 1.807) is 0 Å². The molecule has 0 atom stereocenters. The molecule has 1 aromatic rings. The van der Waals surface area contributed by atoms with Crippen LogP contribution < -0.4 is 4.90 Å². The monoisotopic (exact) mass is 225 g/mol. The molecule has 1 aliphatic rings. The Hall–Kier alpha value is -1.76. The number of anilines is 1. The normalized spacial score (nSPS) is 15.0. The summed E-state index contributed by atoms with van der Waals surface area (Å²) in [6.07, 6.45) is 9.85. The third-order valence-corrected chi connectivity index (χ3v) is 3.09. The third kappa shape index (κ3) is 2.88. The summed E-state index contributed by atoms with van der Waals surface area (Å²) in [4.78, 5) is 2.22. The predicted octanol–water partition coefficient (Wildman–Crippen LogP) is 4.22. The van der Waals surface area contributed by atoms with E-state index in [0.717, 1.165) is 6.42 Å². The van der Waals surface area contributed by atoms with Crippen molar-refractivity contribution in [2.45, 2.75) is 20.3 Å². The molecule has 1 aliphatic carbocycles. The Morgan fingerprint density at radius 2 is 1.65 bits per heavy atom. The number of hydrogen-bond donors (Lipinski definition) is 0. The molecule has 1 nitrogen and oxygen atoms in total. The molecule has 0 aromatic heterocycles. The lowest BCUT2D eigenvalue weighted by atomic mass is 10.2.